The number of nitrogens with one attached hydrogen (secondary N) is 1. The summed E-state index contributed by atoms with van der Waals surface area (Å²) in [6.07, 6.45) is 4.60. The SMILES string of the molecule is Cc1cc(-c2cnn(CCC(C)C)c2)cc(N2CC(=O)NS2(=O)=O)c1O. The number of benzene rings is 1. The zero-order valence-electron chi connectivity index (χ0n) is 14.9. The molecule has 2 heterocycles. The number of hydrogen-bond donors (Lipinski definition) is 2. The van der Waals surface area contributed by atoms with E-state index in [1.807, 2.05) is 15.6 Å². The Labute approximate surface area is 152 Å². The van der Waals surface area contributed by atoms with Crippen LogP contribution in [0.15, 0.2) is 24.5 Å². The van der Waals surface area contributed by atoms with Gasteiger partial charge in [0.05, 0.1) is 11.9 Å². The lowest BCUT2D eigenvalue weighted by molar-refractivity contribution is -0.117. The molecule has 140 valence electrons. The van der Waals surface area contributed by atoms with E-state index in [0.717, 1.165) is 28.4 Å². The molecule has 1 aliphatic rings. The molecule has 0 bridgehead atoms. The monoisotopic (exact) mass is 378 g/mol. The number of aryl methyl sites for hydroxylation is 2. The van der Waals surface area contributed by atoms with E-state index in [1.54, 1.807) is 25.3 Å². The molecule has 2 N–H and O–H groups in total. The van der Waals surface area contributed by atoms with Gasteiger partial charge < -0.3 is 5.11 Å². The molecule has 9 heteroatoms. The van der Waals surface area contributed by atoms with Crippen molar-refractivity contribution < 1.29 is 18.3 Å². The van der Waals surface area contributed by atoms with Crippen molar-refractivity contribution in [2.75, 3.05) is 10.8 Å². The van der Waals surface area contributed by atoms with Crippen molar-refractivity contribution in [2.24, 2.45) is 5.92 Å². The summed E-state index contributed by atoms with van der Waals surface area (Å²) in [5, 5.41) is 14.7. The number of rotatable bonds is 5. The Morgan fingerprint density at radius 1 is 1.31 bits per heavy atom. The first kappa shape index (κ1) is 18.2. The van der Waals surface area contributed by atoms with E-state index in [1.165, 1.54) is 0 Å². The van der Waals surface area contributed by atoms with E-state index >= 15 is 0 Å². The van der Waals surface area contributed by atoms with E-state index in [0.29, 0.717) is 11.5 Å². The summed E-state index contributed by atoms with van der Waals surface area (Å²) in [4.78, 5) is 11.5. The zero-order valence-corrected chi connectivity index (χ0v) is 15.7. The molecule has 1 aromatic carbocycles. The van der Waals surface area contributed by atoms with Gasteiger partial charge in [-0.05, 0) is 42.5 Å². The number of carbonyl (C=O) groups is 1. The van der Waals surface area contributed by atoms with Gasteiger partial charge in [-0.25, -0.2) is 9.03 Å². The molecule has 1 saturated heterocycles. The number of aromatic hydroxyl groups is 1. The first-order valence-corrected chi connectivity index (χ1v) is 9.81. The van der Waals surface area contributed by atoms with Crippen molar-refractivity contribution in [3.05, 3.63) is 30.1 Å². The second-order valence-electron chi connectivity index (χ2n) is 6.87. The second kappa shape index (κ2) is 6.64. The average Bonchev–Trinajstić information content (AvgIpc) is 3.11. The normalized spacial score (nSPS) is 16.3. The molecule has 0 unspecified atom stereocenters. The number of hydrogen-bond acceptors (Lipinski definition) is 5. The largest absolute Gasteiger partial charge is 0.505 e. The first-order valence-electron chi connectivity index (χ1n) is 8.37. The molecular weight excluding hydrogens is 356 g/mol. The third-order valence-electron chi connectivity index (χ3n) is 4.27. The molecule has 0 radical (unpaired) electrons. The van der Waals surface area contributed by atoms with E-state index in [2.05, 4.69) is 18.9 Å². The van der Waals surface area contributed by atoms with Crippen LogP contribution in [0.4, 0.5) is 5.69 Å². The van der Waals surface area contributed by atoms with Gasteiger partial charge in [-0.15, -0.1) is 0 Å². The molecule has 1 aromatic heterocycles. The van der Waals surface area contributed by atoms with Crippen molar-refractivity contribution in [1.82, 2.24) is 14.5 Å². The van der Waals surface area contributed by atoms with Crippen molar-refractivity contribution in [1.29, 1.82) is 0 Å². The number of carbonyl (C=O) groups excluding carboxylic acids is 1. The first-order chi connectivity index (χ1) is 12.2. The van der Waals surface area contributed by atoms with Gasteiger partial charge in [0.25, 0.3) is 5.91 Å². The van der Waals surface area contributed by atoms with Crippen LogP contribution in [-0.2, 0) is 21.5 Å². The highest BCUT2D eigenvalue weighted by Crippen LogP contribution is 2.37. The second-order valence-corrected chi connectivity index (χ2v) is 8.47. The van der Waals surface area contributed by atoms with Crippen molar-refractivity contribution in [3.63, 3.8) is 0 Å². The fraction of sp³-hybridized carbons (Fsp3) is 0.412. The Balaban J connectivity index is 1.98. The predicted octanol–water partition coefficient (Wildman–Crippen LogP) is 1.79. The van der Waals surface area contributed by atoms with Crippen LogP contribution in [0.3, 0.4) is 0 Å². The predicted molar refractivity (Wildman–Crippen MR) is 97.9 cm³/mol. The molecule has 26 heavy (non-hydrogen) atoms. The van der Waals surface area contributed by atoms with Gasteiger partial charge in [0.15, 0.2) is 0 Å². The Morgan fingerprint density at radius 2 is 2.04 bits per heavy atom. The maximum atomic E-state index is 12.1. The number of amides is 1. The van der Waals surface area contributed by atoms with Gasteiger partial charge in [0, 0.05) is 18.3 Å². The molecule has 0 spiro atoms. The van der Waals surface area contributed by atoms with Gasteiger partial charge >= 0.3 is 10.2 Å². The Morgan fingerprint density at radius 3 is 2.65 bits per heavy atom. The number of phenols is 1. The molecule has 3 rings (SSSR count). The third kappa shape index (κ3) is 3.52. The highest BCUT2D eigenvalue weighted by Gasteiger charge is 2.36. The standard InChI is InChI=1S/C17H22N4O4S/c1-11(2)4-5-20-9-14(8-18-20)13-6-12(3)17(23)15(7-13)21-10-16(22)19-26(21,24)25/h6-9,11,23H,4-5,10H2,1-3H3,(H,19,22). The van der Waals surface area contributed by atoms with Crippen LogP contribution < -0.4 is 9.03 Å². The summed E-state index contributed by atoms with van der Waals surface area (Å²) in [7, 11) is -3.99. The quantitative estimate of drug-likeness (QED) is 0.825. The number of phenolic OH excluding ortho intramolecular Hbond substituents is 1. The third-order valence-corrected chi connectivity index (χ3v) is 5.66. The molecule has 8 nitrogen and oxygen atoms in total. The van der Waals surface area contributed by atoms with E-state index in [4.69, 9.17) is 0 Å². The fourth-order valence-corrected chi connectivity index (χ4v) is 3.95. The van der Waals surface area contributed by atoms with Crippen LogP contribution in [0.25, 0.3) is 11.1 Å². The van der Waals surface area contributed by atoms with Crippen LogP contribution in [0, 0.1) is 12.8 Å². The minimum atomic E-state index is -3.99. The van der Waals surface area contributed by atoms with Crippen LogP contribution >= 0.6 is 0 Å². The van der Waals surface area contributed by atoms with Gasteiger partial charge in [-0.1, -0.05) is 13.8 Å². The van der Waals surface area contributed by atoms with Gasteiger partial charge in [-0.2, -0.15) is 13.5 Å². The van der Waals surface area contributed by atoms with Crippen LogP contribution in [0.5, 0.6) is 5.75 Å². The Hall–Kier alpha value is -2.55. The van der Waals surface area contributed by atoms with Gasteiger partial charge in [-0.3, -0.25) is 9.48 Å². The summed E-state index contributed by atoms with van der Waals surface area (Å²) in [6, 6.07) is 3.32. The highest BCUT2D eigenvalue weighted by atomic mass is 32.2. The lowest BCUT2D eigenvalue weighted by atomic mass is 10.0. The van der Waals surface area contributed by atoms with Crippen molar-refractivity contribution >= 4 is 21.8 Å². The van der Waals surface area contributed by atoms with E-state index in [-0.39, 0.29) is 18.0 Å². The average molecular weight is 378 g/mol. The smallest absolute Gasteiger partial charge is 0.326 e. The van der Waals surface area contributed by atoms with E-state index < -0.39 is 16.1 Å². The summed E-state index contributed by atoms with van der Waals surface area (Å²) >= 11 is 0. The number of nitrogens with zero attached hydrogens (tertiary/aromatic N) is 3. The topological polar surface area (TPSA) is 105 Å². The Kier molecular flexibility index (Phi) is 4.66. The molecule has 0 atom stereocenters. The number of aromatic nitrogens is 2. The summed E-state index contributed by atoms with van der Waals surface area (Å²) in [5.74, 6) is -0.231. The fourth-order valence-electron chi connectivity index (χ4n) is 2.80. The van der Waals surface area contributed by atoms with Crippen LogP contribution in [-0.4, -0.2) is 35.8 Å². The highest BCUT2D eigenvalue weighted by molar-refractivity contribution is 7.92. The van der Waals surface area contributed by atoms with E-state index in [9.17, 15) is 18.3 Å². The molecule has 1 amide bonds. The summed E-state index contributed by atoms with van der Waals surface area (Å²) < 4.78 is 28.8. The van der Waals surface area contributed by atoms with Crippen molar-refractivity contribution in [3.8, 4) is 16.9 Å². The Bertz CT molecular complexity index is 950. The van der Waals surface area contributed by atoms with Crippen molar-refractivity contribution in [2.45, 2.75) is 33.7 Å². The number of anilines is 1. The zero-order chi connectivity index (χ0) is 19.1. The van der Waals surface area contributed by atoms with Gasteiger partial charge in [0.2, 0.25) is 0 Å². The minimum absolute atomic E-state index is 0.0771. The maximum absolute atomic E-state index is 12.1. The van der Waals surface area contributed by atoms with Gasteiger partial charge in [0.1, 0.15) is 12.3 Å². The molecular formula is C17H22N4O4S. The lowest BCUT2D eigenvalue weighted by Gasteiger charge is -2.18. The maximum Gasteiger partial charge on any atom is 0.326 e. The molecule has 0 saturated carbocycles. The summed E-state index contributed by atoms with van der Waals surface area (Å²) in [5.41, 5.74) is 2.13. The van der Waals surface area contributed by atoms with Crippen LogP contribution in [0.1, 0.15) is 25.8 Å². The lowest BCUT2D eigenvalue weighted by Crippen LogP contribution is -2.29. The molecule has 1 fully saturated rings. The van der Waals surface area contributed by atoms with Crippen LogP contribution in [0.2, 0.25) is 0 Å². The molecule has 2 aromatic rings. The minimum Gasteiger partial charge on any atom is -0.505 e. The molecule has 1 aliphatic heterocycles. The molecule has 0 aliphatic carbocycles. The summed E-state index contributed by atoms with van der Waals surface area (Å²) in [6.45, 7) is 6.41.